The van der Waals surface area contributed by atoms with Gasteiger partial charge in [-0.1, -0.05) is 13.0 Å². The zero-order valence-electron chi connectivity index (χ0n) is 11.8. The molecule has 20 heavy (non-hydrogen) atoms. The van der Waals surface area contributed by atoms with Gasteiger partial charge in [0.15, 0.2) is 0 Å². The van der Waals surface area contributed by atoms with E-state index in [0.717, 1.165) is 25.8 Å². The van der Waals surface area contributed by atoms with Crippen molar-refractivity contribution in [3.63, 3.8) is 0 Å². The second-order valence-corrected chi connectivity index (χ2v) is 6.86. The normalized spacial score (nSPS) is 12.5. The monoisotopic (exact) mass is 352 g/mol. The molecule has 0 saturated heterocycles. The SMILES string of the molecule is CCCNC(CCc1ccccn1)Cc1cc(Br)cs1. The Morgan fingerprint density at radius 1 is 1.40 bits per heavy atom. The summed E-state index contributed by atoms with van der Waals surface area (Å²) in [5, 5.41) is 5.82. The maximum Gasteiger partial charge on any atom is 0.0404 e. The predicted molar refractivity (Wildman–Crippen MR) is 90.4 cm³/mol. The van der Waals surface area contributed by atoms with E-state index in [1.807, 2.05) is 23.6 Å². The zero-order valence-corrected chi connectivity index (χ0v) is 14.2. The molecule has 2 rings (SSSR count). The van der Waals surface area contributed by atoms with E-state index in [4.69, 9.17) is 0 Å². The molecule has 2 aromatic heterocycles. The summed E-state index contributed by atoms with van der Waals surface area (Å²) in [7, 11) is 0. The Kier molecular flexibility index (Phi) is 6.70. The molecule has 0 aromatic carbocycles. The van der Waals surface area contributed by atoms with E-state index >= 15 is 0 Å². The van der Waals surface area contributed by atoms with Crippen LogP contribution in [0.4, 0.5) is 0 Å². The van der Waals surface area contributed by atoms with Gasteiger partial charge in [-0.25, -0.2) is 0 Å². The van der Waals surface area contributed by atoms with Crippen LogP contribution in [0.1, 0.15) is 30.3 Å². The maximum atomic E-state index is 4.41. The van der Waals surface area contributed by atoms with Crippen LogP contribution in [0.25, 0.3) is 0 Å². The lowest BCUT2D eigenvalue weighted by molar-refractivity contribution is 0.478. The summed E-state index contributed by atoms with van der Waals surface area (Å²) in [4.78, 5) is 5.85. The minimum atomic E-state index is 0.530. The molecule has 0 aliphatic carbocycles. The largest absolute Gasteiger partial charge is 0.314 e. The highest BCUT2D eigenvalue weighted by molar-refractivity contribution is 9.10. The molecule has 4 heteroatoms. The van der Waals surface area contributed by atoms with E-state index in [1.165, 1.54) is 21.5 Å². The number of nitrogens with zero attached hydrogens (tertiary/aromatic N) is 1. The third-order valence-corrected chi connectivity index (χ3v) is 4.95. The van der Waals surface area contributed by atoms with Crippen LogP contribution in [0.5, 0.6) is 0 Å². The van der Waals surface area contributed by atoms with Crippen molar-refractivity contribution in [1.82, 2.24) is 10.3 Å². The third kappa shape index (κ3) is 5.35. The maximum absolute atomic E-state index is 4.41. The van der Waals surface area contributed by atoms with Crippen LogP contribution in [0.15, 0.2) is 40.3 Å². The Labute approximate surface area is 133 Å². The highest BCUT2D eigenvalue weighted by atomic mass is 79.9. The molecule has 0 aliphatic heterocycles. The van der Waals surface area contributed by atoms with Crippen molar-refractivity contribution in [2.45, 2.75) is 38.6 Å². The number of rotatable bonds is 8. The molecule has 0 spiro atoms. The van der Waals surface area contributed by atoms with Gasteiger partial charge in [0.05, 0.1) is 0 Å². The molecule has 0 radical (unpaired) electrons. The number of halogens is 1. The second-order valence-electron chi connectivity index (χ2n) is 4.95. The minimum Gasteiger partial charge on any atom is -0.314 e. The molecule has 0 amide bonds. The molecular weight excluding hydrogens is 332 g/mol. The van der Waals surface area contributed by atoms with Gasteiger partial charge in [-0.05, 0) is 66.4 Å². The fourth-order valence-electron chi connectivity index (χ4n) is 2.20. The predicted octanol–water partition coefficient (Wildman–Crippen LogP) is 4.45. The summed E-state index contributed by atoms with van der Waals surface area (Å²) in [5.74, 6) is 0. The van der Waals surface area contributed by atoms with Gasteiger partial charge in [-0.2, -0.15) is 0 Å². The highest BCUT2D eigenvalue weighted by Crippen LogP contribution is 2.21. The van der Waals surface area contributed by atoms with Crippen molar-refractivity contribution in [1.29, 1.82) is 0 Å². The lowest BCUT2D eigenvalue weighted by Crippen LogP contribution is -2.32. The number of aromatic nitrogens is 1. The molecule has 2 nitrogen and oxygen atoms in total. The molecule has 0 fully saturated rings. The molecule has 0 aliphatic rings. The number of aryl methyl sites for hydroxylation is 1. The standard InChI is InChI=1S/C16H21BrN2S/c1-2-8-18-15(11-16-10-13(17)12-20-16)7-6-14-5-3-4-9-19-14/h3-5,9-10,12,15,18H,2,6-8,11H2,1H3. The van der Waals surface area contributed by atoms with E-state index in [0.29, 0.717) is 6.04 Å². The van der Waals surface area contributed by atoms with Crippen molar-refractivity contribution in [2.75, 3.05) is 6.54 Å². The first-order valence-corrected chi connectivity index (χ1v) is 8.81. The van der Waals surface area contributed by atoms with Gasteiger partial charge in [0, 0.05) is 32.7 Å². The third-order valence-electron chi connectivity index (χ3n) is 3.23. The van der Waals surface area contributed by atoms with Crippen LogP contribution in [0, 0.1) is 0 Å². The van der Waals surface area contributed by atoms with Crippen LogP contribution in [0.2, 0.25) is 0 Å². The number of hydrogen-bond acceptors (Lipinski definition) is 3. The van der Waals surface area contributed by atoms with E-state index in [-0.39, 0.29) is 0 Å². The average molecular weight is 353 g/mol. The molecule has 1 unspecified atom stereocenters. The molecule has 1 atom stereocenters. The minimum absolute atomic E-state index is 0.530. The number of thiophene rings is 1. The molecule has 0 bridgehead atoms. The first-order valence-electron chi connectivity index (χ1n) is 7.14. The fourth-order valence-corrected chi connectivity index (χ4v) is 3.73. The fraction of sp³-hybridized carbons (Fsp3) is 0.438. The first kappa shape index (κ1) is 15.7. The van der Waals surface area contributed by atoms with Crippen molar-refractivity contribution < 1.29 is 0 Å². The van der Waals surface area contributed by atoms with Gasteiger partial charge < -0.3 is 5.32 Å². The lowest BCUT2D eigenvalue weighted by Gasteiger charge is -2.17. The van der Waals surface area contributed by atoms with Gasteiger partial charge >= 0.3 is 0 Å². The number of pyridine rings is 1. The lowest BCUT2D eigenvalue weighted by atomic mass is 10.0. The second kappa shape index (κ2) is 8.55. The first-order chi connectivity index (χ1) is 9.78. The van der Waals surface area contributed by atoms with Gasteiger partial charge in [0.1, 0.15) is 0 Å². The molecule has 2 aromatic rings. The van der Waals surface area contributed by atoms with Crippen molar-refractivity contribution in [3.8, 4) is 0 Å². The quantitative estimate of drug-likeness (QED) is 0.758. The van der Waals surface area contributed by atoms with E-state index < -0.39 is 0 Å². The van der Waals surface area contributed by atoms with Crippen molar-refractivity contribution >= 4 is 27.3 Å². The van der Waals surface area contributed by atoms with Gasteiger partial charge in [0.2, 0.25) is 0 Å². The van der Waals surface area contributed by atoms with Gasteiger partial charge in [-0.15, -0.1) is 11.3 Å². The van der Waals surface area contributed by atoms with E-state index in [9.17, 15) is 0 Å². The number of nitrogens with one attached hydrogen (secondary N) is 1. The van der Waals surface area contributed by atoms with Crippen molar-refractivity contribution in [2.24, 2.45) is 0 Å². The summed E-state index contributed by atoms with van der Waals surface area (Å²) in [6.45, 7) is 3.30. The summed E-state index contributed by atoms with van der Waals surface area (Å²) >= 11 is 5.36. The summed E-state index contributed by atoms with van der Waals surface area (Å²) in [6, 6.07) is 8.90. The molecule has 0 saturated carbocycles. The summed E-state index contributed by atoms with van der Waals surface area (Å²) in [6.07, 6.45) is 6.32. The molecular formula is C16H21BrN2S. The van der Waals surface area contributed by atoms with Crippen LogP contribution in [-0.2, 0) is 12.8 Å². The van der Waals surface area contributed by atoms with Gasteiger partial charge in [0.25, 0.3) is 0 Å². The summed E-state index contributed by atoms with van der Waals surface area (Å²) < 4.78 is 1.19. The van der Waals surface area contributed by atoms with Crippen LogP contribution < -0.4 is 5.32 Å². The van der Waals surface area contributed by atoms with Crippen LogP contribution in [0.3, 0.4) is 0 Å². The molecule has 108 valence electrons. The van der Waals surface area contributed by atoms with Crippen molar-refractivity contribution in [3.05, 3.63) is 50.9 Å². The highest BCUT2D eigenvalue weighted by Gasteiger charge is 2.11. The Morgan fingerprint density at radius 3 is 2.95 bits per heavy atom. The Morgan fingerprint density at radius 2 is 2.30 bits per heavy atom. The molecule has 1 N–H and O–H groups in total. The zero-order chi connectivity index (χ0) is 14.2. The van der Waals surface area contributed by atoms with E-state index in [1.54, 1.807) is 0 Å². The van der Waals surface area contributed by atoms with Gasteiger partial charge in [-0.3, -0.25) is 4.98 Å². The topological polar surface area (TPSA) is 24.9 Å². The smallest absolute Gasteiger partial charge is 0.0404 e. The Bertz CT molecular complexity index is 498. The van der Waals surface area contributed by atoms with E-state index in [2.05, 4.69) is 56.7 Å². The Hall–Kier alpha value is -0.710. The van der Waals surface area contributed by atoms with Crippen LogP contribution in [-0.4, -0.2) is 17.6 Å². The average Bonchev–Trinajstić information content (AvgIpc) is 2.88. The Balaban J connectivity index is 1.89. The summed E-state index contributed by atoms with van der Waals surface area (Å²) in [5.41, 5.74) is 1.18. The van der Waals surface area contributed by atoms with Crippen LogP contribution >= 0.6 is 27.3 Å². The number of hydrogen-bond donors (Lipinski definition) is 1. The molecule has 2 heterocycles.